The number of nitrogens with zero attached hydrogens (tertiary/aromatic N) is 1. The van der Waals surface area contributed by atoms with Gasteiger partial charge < -0.3 is 9.30 Å². The molecule has 21 heavy (non-hydrogen) atoms. The third kappa shape index (κ3) is 2.81. The fraction of sp³-hybridized carbons (Fsp3) is 0.429. The fourth-order valence-electron chi connectivity index (χ4n) is 2.85. The lowest BCUT2D eigenvalue weighted by Crippen LogP contribution is -2.20. The Morgan fingerprint density at radius 2 is 2.05 bits per heavy atom. The molecule has 5 nitrogen and oxygen atoms in total. The van der Waals surface area contributed by atoms with Crippen molar-refractivity contribution >= 4 is 20.9 Å². The van der Waals surface area contributed by atoms with Crippen LogP contribution < -0.4 is 5.14 Å². The van der Waals surface area contributed by atoms with E-state index in [9.17, 15) is 12.8 Å². The van der Waals surface area contributed by atoms with Crippen LogP contribution in [0, 0.1) is 11.7 Å². The Morgan fingerprint density at radius 3 is 2.71 bits per heavy atom. The van der Waals surface area contributed by atoms with Crippen molar-refractivity contribution in [3.05, 3.63) is 30.2 Å². The summed E-state index contributed by atoms with van der Waals surface area (Å²) in [5.74, 6) is -0.173. The Bertz CT molecular complexity index is 764. The van der Waals surface area contributed by atoms with E-state index in [0.29, 0.717) is 31.2 Å². The second-order valence-corrected chi connectivity index (χ2v) is 6.91. The standard InChI is InChI=1S/C14H17FN2O3S/c15-11-2-1-3-12-14(11)13(21(16,18)19)9-17(12)8-10-4-6-20-7-5-10/h1-3,9-10H,4-8H2,(H2,16,18,19). The van der Waals surface area contributed by atoms with Crippen LogP contribution in [-0.4, -0.2) is 26.2 Å². The van der Waals surface area contributed by atoms with Crippen LogP contribution in [0.3, 0.4) is 0 Å². The van der Waals surface area contributed by atoms with Crippen molar-refractivity contribution < 1.29 is 17.5 Å². The molecule has 0 radical (unpaired) electrons. The molecule has 1 fully saturated rings. The van der Waals surface area contributed by atoms with Crippen LogP contribution in [0.2, 0.25) is 0 Å². The maximum absolute atomic E-state index is 14.0. The zero-order valence-corrected chi connectivity index (χ0v) is 12.3. The first-order valence-electron chi connectivity index (χ1n) is 6.84. The number of hydrogen-bond donors (Lipinski definition) is 1. The van der Waals surface area contributed by atoms with E-state index in [1.54, 1.807) is 16.7 Å². The molecule has 0 spiro atoms. The number of rotatable bonds is 3. The van der Waals surface area contributed by atoms with Gasteiger partial charge in [0.15, 0.2) is 0 Å². The van der Waals surface area contributed by atoms with E-state index in [0.717, 1.165) is 12.8 Å². The van der Waals surface area contributed by atoms with E-state index in [1.807, 2.05) is 0 Å². The Hall–Kier alpha value is -1.44. The molecule has 0 atom stereocenters. The van der Waals surface area contributed by atoms with E-state index in [1.165, 1.54) is 12.3 Å². The van der Waals surface area contributed by atoms with Gasteiger partial charge in [-0.2, -0.15) is 0 Å². The number of halogens is 1. The Labute approximate surface area is 122 Å². The molecule has 0 unspecified atom stereocenters. The van der Waals surface area contributed by atoms with Gasteiger partial charge in [0.05, 0.1) is 10.9 Å². The summed E-state index contributed by atoms with van der Waals surface area (Å²) in [7, 11) is -3.96. The number of nitrogens with two attached hydrogens (primary N) is 1. The molecule has 0 saturated carbocycles. The zero-order chi connectivity index (χ0) is 15.0. The third-order valence-electron chi connectivity index (χ3n) is 3.92. The van der Waals surface area contributed by atoms with Gasteiger partial charge in [0.25, 0.3) is 0 Å². The zero-order valence-electron chi connectivity index (χ0n) is 11.5. The summed E-state index contributed by atoms with van der Waals surface area (Å²) in [6.45, 7) is 2.05. The Kier molecular flexibility index (Phi) is 3.73. The molecule has 1 saturated heterocycles. The topological polar surface area (TPSA) is 74.3 Å². The predicted octanol–water partition coefficient (Wildman–Crippen LogP) is 1.85. The van der Waals surface area contributed by atoms with Crippen molar-refractivity contribution in [1.29, 1.82) is 0 Å². The van der Waals surface area contributed by atoms with Gasteiger partial charge in [0.2, 0.25) is 10.0 Å². The lowest BCUT2D eigenvalue weighted by atomic mass is 10.0. The average molecular weight is 312 g/mol. The number of fused-ring (bicyclic) bond motifs is 1. The summed E-state index contributed by atoms with van der Waals surface area (Å²) in [6.07, 6.45) is 3.28. The summed E-state index contributed by atoms with van der Waals surface area (Å²) in [5, 5.41) is 5.29. The summed E-state index contributed by atoms with van der Waals surface area (Å²) >= 11 is 0. The van der Waals surface area contributed by atoms with Crippen molar-refractivity contribution in [3.8, 4) is 0 Å². The summed E-state index contributed by atoms with van der Waals surface area (Å²) in [6, 6.07) is 4.54. The Balaban J connectivity index is 2.08. The fourth-order valence-corrected chi connectivity index (χ4v) is 3.61. The molecule has 0 bridgehead atoms. The SMILES string of the molecule is NS(=O)(=O)c1cn(CC2CCOCC2)c2cccc(F)c12. The highest BCUT2D eigenvalue weighted by molar-refractivity contribution is 7.89. The van der Waals surface area contributed by atoms with Gasteiger partial charge in [-0.3, -0.25) is 0 Å². The molecule has 1 aromatic heterocycles. The van der Waals surface area contributed by atoms with Crippen molar-refractivity contribution in [2.24, 2.45) is 11.1 Å². The second kappa shape index (κ2) is 5.40. The van der Waals surface area contributed by atoms with Crippen LogP contribution in [-0.2, 0) is 21.3 Å². The van der Waals surface area contributed by atoms with Crippen LogP contribution in [0.1, 0.15) is 12.8 Å². The minimum absolute atomic E-state index is 0.0760. The number of sulfonamides is 1. The molecule has 0 aliphatic carbocycles. The molecule has 7 heteroatoms. The third-order valence-corrected chi connectivity index (χ3v) is 4.85. The largest absolute Gasteiger partial charge is 0.381 e. The molecule has 2 heterocycles. The lowest BCUT2D eigenvalue weighted by molar-refractivity contribution is 0.0616. The van der Waals surface area contributed by atoms with E-state index >= 15 is 0 Å². The first kappa shape index (κ1) is 14.5. The molecular weight excluding hydrogens is 295 g/mol. The van der Waals surface area contributed by atoms with E-state index in [2.05, 4.69) is 0 Å². The monoisotopic (exact) mass is 312 g/mol. The minimum atomic E-state index is -3.96. The van der Waals surface area contributed by atoms with Crippen LogP contribution in [0.15, 0.2) is 29.3 Å². The molecule has 1 aliphatic rings. The number of benzene rings is 1. The van der Waals surface area contributed by atoms with Gasteiger partial charge in [-0.25, -0.2) is 17.9 Å². The smallest absolute Gasteiger partial charge is 0.240 e. The van der Waals surface area contributed by atoms with Crippen molar-refractivity contribution in [2.75, 3.05) is 13.2 Å². The highest BCUT2D eigenvalue weighted by atomic mass is 32.2. The van der Waals surface area contributed by atoms with E-state index in [4.69, 9.17) is 9.88 Å². The normalized spacial score (nSPS) is 17.4. The van der Waals surface area contributed by atoms with Crippen LogP contribution >= 0.6 is 0 Å². The van der Waals surface area contributed by atoms with Crippen molar-refractivity contribution in [1.82, 2.24) is 4.57 Å². The highest BCUT2D eigenvalue weighted by Crippen LogP contribution is 2.29. The molecule has 114 valence electrons. The number of ether oxygens (including phenoxy) is 1. The van der Waals surface area contributed by atoms with Gasteiger partial charge in [0.1, 0.15) is 10.7 Å². The van der Waals surface area contributed by atoms with Crippen LogP contribution in [0.5, 0.6) is 0 Å². The molecule has 0 amide bonds. The quantitative estimate of drug-likeness (QED) is 0.940. The van der Waals surface area contributed by atoms with Crippen LogP contribution in [0.25, 0.3) is 10.9 Å². The highest BCUT2D eigenvalue weighted by Gasteiger charge is 2.22. The van der Waals surface area contributed by atoms with Gasteiger partial charge in [-0.15, -0.1) is 0 Å². The van der Waals surface area contributed by atoms with Crippen LogP contribution in [0.4, 0.5) is 4.39 Å². The predicted molar refractivity (Wildman–Crippen MR) is 76.8 cm³/mol. The summed E-state index contributed by atoms with van der Waals surface area (Å²) in [4.78, 5) is -0.150. The van der Waals surface area contributed by atoms with E-state index in [-0.39, 0.29) is 10.3 Å². The van der Waals surface area contributed by atoms with Crippen molar-refractivity contribution in [2.45, 2.75) is 24.3 Å². The molecular formula is C14H17FN2O3S. The maximum atomic E-state index is 14.0. The van der Waals surface area contributed by atoms with Gasteiger partial charge in [0, 0.05) is 26.0 Å². The molecule has 3 rings (SSSR count). The molecule has 2 aromatic rings. The first-order chi connectivity index (χ1) is 9.97. The average Bonchev–Trinajstić information content (AvgIpc) is 2.80. The number of hydrogen-bond acceptors (Lipinski definition) is 3. The van der Waals surface area contributed by atoms with Crippen molar-refractivity contribution in [3.63, 3.8) is 0 Å². The van der Waals surface area contributed by atoms with Gasteiger partial charge in [-0.05, 0) is 30.9 Å². The summed E-state index contributed by atoms with van der Waals surface area (Å²) in [5.41, 5.74) is 0.561. The lowest BCUT2D eigenvalue weighted by Gasteiger charge is -2.22. The minimum Gasteiger partial charge on any atom is -0.381 e. The first-order valence-corrected chi connectivity index (χ1v) is 8.39. The maximum Gasteiger partial charge on any atom is 0.240 e. The van der Waals surface area contributed by atoms with E-state index < -0.39 is 15.8 Å². The molecule has 1 aromatic carbocycles. The second-order valence-electron chi connectivity index (χ2n) is 5.38. The number of aromatic nitrogens is 1. The summed E-state index contributed by atoms with van der Waals surface area (Å²) < 4.78 is 44.5. The van der Waals surface area contributed by atoms with Gasteiger partial charge >= 0.3 is 0 Å². The number of primary sulfonamides is 1. The van der Waals surface area contributed by atoms with Gasteiger partial charge in [-0.1, -0.05) is 6.07 Å². The molecule has 1 aliphatic heterocycles. The Morgan fingerprint density at radius 1 is 1.33 bits per heavy atom. The molecule has 2 N–H and O–H groups in total.